The van der Waals surface area contributed by atoms with Crippen molar-refractivity contribution in [3.8, 4) is 0 Å². The molecule has 0 amide bonds. The van der Waals surface area contributed by atoms with Gasteiger partial charge in [0.05, 0.1) is 11.4 Å². The van der Waals surface area contributed by atoms with Crippen LogP contribution in [0.3, 0.4) is 0 Å². The van der Waals surface area contributed by atoms with E-state index in [2.05, 4.69) is 53.8 Å². The maximum Gasteiger partial charge on any atom is 0.0543 e. The highest BCUT2D eigenvalue weighted by Crippen LogP contribution is 2.09. The normalized spacial score (nSPS) is 25.1. The first-order chi connectivity index (χ1) is 13.8. The van der Waals surface area contributed by atoms with Crippen LogP contribution in [0.5, 0.6) is 0 Å². The fourth-order valence-corrected chi connectivity index (χ4v) is 4.07. The van der Waals surface area contributed by atoms with Crippen molar-refractivity contribution in [1.29, 1.82) is 0 Å². The molecule has 0 radical (unpaired) electrons. The topological polar surface area (TPSA) is 38.7 Å². The van der Waals surface area contributed by atoms with Gasteiger partial charge in [0.25, 0.3) is 0 Å². The van der Waals surface area contributed by atoms with Crippen molar-refractivity contribution in [3.05, 3.63) is 60.2 Å². The lowest BCUT2D eigenvalue weighted by molar-refractivity contribution is 0.167. The molecular weight excluding hydrogens is 348 g/mol. The molecule has 2 saturated heterocycles. The smallest absolute Gasteiger partial charge is 0.0543 e. The van der Waals surface area contributed by atoms with Crippen molar-refractivity contribution in [1.82, 2.24) is 29.6 Å². The Morgan fingerprint density at radius 2 is 0.929 bits per heavy atom. The molecule has 0 atom stereocenters. The van der Waals surface area contributed by atoms with E-state index in [4.69, 9.17) is 0 Å². The average molecular weight is 381 g/mol. The van der Waals surface area contributed by atoms with Gasteiger partial charge in [0, 0.05) is 90.9 Å². The lowest BCUT2D eigenvalue weighted by Gasteiger charge is -2.29. The van der Waals surface area contributed by atoms with Gasteiger partial charge < -0.3 is 0 Å². The zero-order chi connectivity index (χ0) is 19.0. The predicted octanol–water partition coefficient (Wildman–Crippen LogP) is 1.41. The second-order valence-electron chi connectivity index (χ2n) is 7.88. The number of hydrogen-bond donors (Lipinski definition) is 0. The lowest BCUT2D eigenvalue weighted by Crippen LogP contribution is -2.41. The van der Waals surface area contributed by atoms with E-state index >= 15 is 0 Å². The summed E-state index contributed by atoms with van der Waals surface area (Å²) in [5.74, 6) is 0. The van der Waals surface area contributed by atoms with Crippen LogP contribution in [0.1, 0.15) is 11.4 Å². The molecule has 0 aromatic carbocycles. The summed E-state index contributed by atoms with van der Waals surface area (Å²) in [6, 6.07) is 12.4. The summed E-state index contributed by atoms with van der Waals surface area (Å²) in [7, 11) is 0. The van der Waals surface area contributed by atoms with Crippen LogP contribution >= 0.6 is 0 Å². The Balaban J connectivity index is 1.37. The molecule has 2 bridgehead atoms. The van der Waals surface area contributed by atoms with Gasteiger partial charge in [-0.25, -0.2) is 0 Å². The standard InChI is InChI=1S/C22H32N6/c1-3-7-23-21(5-1)19-27-15-11-25-9-10-26(12-16-27)14-18-28(17-13-25)20-22-6-2-4-8-24-22/h1-8H,9-20H2. The second-order valence-corrected chi connectivity index (χ2v) is 7.88. The highest BCUT2D eigenvalue weighted by molar-refractivity contribution is 5.04. The van der Waals surface area contributed by atoms with Gasteiger partial charge >= 0.3 is 0 Å². The van der Waals surface area contributed by atoms with Crippen LogP contribution in [0.25, 0.3) is 0 Å². The first-order valence-electron chi connectivity index (χ1n) is 10.5. The fraction of sp³-hybridized carbons (Fsp3) is 0.545. The molecule has 0 unspecified atom stereocenters. The molecule has 0 aliphatic carbocycles. The number of aromatic nitrogens is 2. The summed E-state index contributed by atoms with van der Waals surface area (Å²) < 4.78 is 0. The van der Waals surface area contributed by atoms with Crippen LogP contribution in [-0.2, 0) is 13.1 Å². The first-order valence-corrected chi connectivity index (χ1v) is 10.5. The molecule has 6 heteroatoms. The van der Waals surface area contributed by atoms with Gasteiger partial charge in [-0.1, -0.05) is 12.1 Å². The monoisotopic (exact) mass is 380 g/mol. The zero-order valence-corrected chi connectivity index (χ0v) is 16.8. The van der Waals surface area contributed by atoms with Gasteiger partial charge in [0.15, 0.2) is 0 Å². The van der Waals surface area contributed by atoms with Crippen molar-refractivity contribution in [2.45, 2.75) is 13.1 Å². The van der Waals surface area contributed by atoms with Crippen molar-refractivity contribution >= 4 is 0 Å². The number of pyridine rings is 2. The molecule has 2 aliphatic rings. The van der Waals surface area contributed by atoms with E-state index in [1.807, 2.05) is 24.5 Å². The minimum Gasteiger partial charge on any atom is -0.300 e. The molecule has 0 spiro atoms. The molecule has 0 saturated carbocycles. The van der Waals surface area contributed by atoms with Crippen molar-refractivity contribution in [2.75, 3.05) is 65.4 Å². The van der Waals surface area contributed by atoms with Crippen molar-refractivity contribution in [2.24, 2.45) is 0 Å². The molecule has 0 N–H and O–H groups in total. The summed E-state index contributed by atoms with van der Waals surface area (Å²) in [6.07, 6.45) is 3.80. The van der Waals surface area contributed by atoms with Gasteiger partial charge in [-0.15, -0.1) is 0 Å². The van der Waals surface area contributed by atoms with Crippen molar-refractivity contribution in [3.63, 3.8) is 0 Å². The Bertz CT molecular complexity index is 617. The average Bonchev–Trinajstić information content (AvgIpc) is 2.89. The molecule has 2 aliphatic heterocycles. The predicted molar refractivity (Wildman–Crippen MR) is 112 cm³/mol. The molecule has 150 valence electrons. The van der Waals surface area contributed by atoms with Crippen LogP contribution in [-0.4, -0.2) is 95.0 Å². The summed E-state index contributed by atoms with van der Waals surface area (Å²) in [5, 5.41) is 0. The maximum atomic E-state index is 4.52. The minimum absolute atomic E-state index is 0.953. The van der Waals surface area contributed by atoms with E-state index < -0.39 is 0 Å². The molecular formula is C22H32N6. The lowest BCUT2D eigenvalue weighted by atomic mass is 10.3. The van der Waals surface area contributed by atoms with Gasteiger partial charge in [-0.2, -0.15) is 0 Å². The molecule has 2 aromatic heterocycles. The summed E-state index contributed by atoms with van der Waals surface area (Å²) >= 11 is 0. The third-order valence-electron chi connectivity index (χ3n) is 5.89. The third-order valence-corrected chi connectivity index (χ3v) is 5.89. The Kier molecular flexibility index (Phi) is 7.00. The number of fused-ring (bicyclic) bond motifs is 3. The van der Waals surface area contributed by atoms with E-state index in [1.165, 1.54) is 24.5 Å². The van der Waals surface area contributed by atoms with Crippen LogP contribution in [0.2, 0.25) is 0 Å². The Labute approximate surface area is 168 Å². The van der Waals surface area contributed by atoms with Crippen molar-refractivity contribution < 1.29 is 0 Å². The van der Waals surface area contributed by atoms with E-state index in [-0.39, 0.29) is 0 Å². The molecule has 2 aromatic rings. The largest absolute Gasteiger partial charge is 0.300 e. The van der Waals surface area contributed by atoms with Gasteiger partial charge in [-0.05, 0) is 24.3 Å². The van der Waals surface area contributed by atoms with E-state index in [9.17, 15) is 0 Å². The summed E-state index contributed by atoms with van der Waals surface area (Å²) in [4.78, 5) is 19.5. The Morgan fingerprint density at radius 3 is 1.29 bits per heavy atom. The summed E-state index contributed by atoms with van der Waals surface area (Å²) in [6.45, 7) is 13.3. The quantitative estimate of drug-likeness (QED) is 0.799. The molecule has 4 rings (SSSR count). The summed E-state index contributed by atoms with van der Waals surface area (Å²) in [5.41, 5.74) is 2.35. The van der Waals surface area contributed by atoms with E-state index in [0.29, 0.717) is 0 Å². The van der Waals surface area contributed by atoms with Crippen LogP contribution in [0, 0.1) is 0 Å². The SMILES string of the molecule is c1ccc(CN2CCN3CCN(CC2)CCN(Cc2ccccn2)CC3)nc1. The molecule has 28 heavy (non-hydrogen) atoms. The van der Waals surface area contributed by atoms with E-state index in [1.54, 1.807) is 0 Å². The third kappa shape index (κ3) is 5.82. The number of hydrogen-bond acceptors (Lipinski definition) is 6. The minimum atomic E-state index is 0.953. The zero-order valence-electron chi connectivity index (χ0n) is 16.8. The van der Waals surface area contributed by atoms with Gasteiger partial charge in [0.1, 0.15) is 0 Å². The van der Waals surface area contributed by atoms with E-state index in [0.717, 1.165) is 65.4 Å². The maximum absolute atomic E-state index is 4.52. The Hall–Kier alpha value is -1.86. The second kappa shape index (κ2) is 10.1. The van der Waals surface area contributed by atoms with Crippen LogP contribution < -0.4 is 0 Å². The first kappa shape index (κ1) is 19.5. The highest BCUT2D eigenvalue weighted by atomic mass is 15.3. The molecule has 6 nitrogen and oxygen atoms in total. The highest BCUT2D eigenvalue weighted by Gasteiger charge is 2.20. The van der Waals surface area contributed by atoms with Crippen LogP contribution in [0.15, 0.2) is 48.8 Å². The van der Waals surface area contributed by atoms with Gasteiger partial charge in [0.2, 0.25) is 0 Å². The number of nitrogens with zero attached hydrogens (tertiary/aromatic N) is 6. The molecule has 2 fully saturated rings. The number of rotatable bonds is 4. The van der Waals surface area contributed by atoms with Crippen LogP contribution in [0.4, 0.5) is 0 Å². The molecule has 4 heterocycles. The fourth-order valence-electron chi connectivity index (χ4n) is 4.07. The van der Waals surface area contributed by atoms with Gasteiger partial charge in [-0.3, -0.25) is 29.6 Å². The Morgan fingerprint density at radius 1 is 0.536 bits per heavy atom.